The highest BCUT2D eigenvalue weighted by Crippen LogP contribution is 2.54. The second-order valence-corrected chi connectivity index (χ2v) is 5.95. The Morgan fingerprint density at radius 2 is 2.04 bits per heavy atom. The molecule has 7 heteroatoms. The number of halogens is 1. The maximum absolute atomic E-state index is 13.0. The van der Waals surface area contributed by atoms with Crippen molar-refractivity contribution in [1.29, 1.82) is 0 Å². The van der Waals surface area contributed by atoms with Gasteiger partial charge in [0.2, 0.25) is 11.4 Å². The van der Waals surface area contributed by atoms with E-state index in [9.17, 15) is 14.7 Å². The summed E-state index contributed by atoms with van der Waals surface area (Å²) in [5, 5.41) is 10.3. The Balaban J connectivity index is 2.24. The number of allylic oxidation sites excluding steroid dienone is 1. The number of ketones is 2. The van der Waals surface area contributed by atoms with E-state index >= 15 is 0 Å². The first-order chi connectivity index (χ1) is 10.9. The van der Waals surface area contributed by atoms with Crippen LogP contribution >= 0.6 is 11.6 Å². The maximum atomic E-state index is 13.0. The third kappa shape index (κ3) is 1.94. The molecule has 0 fully saturated rings. The molecule has 0 saturated carbocycles. The van der Waals surface area contributed by atoms with Crippen molar-refractivity contribution in [2.75, 3.05) is 14.2 Å². The summed E-state index contributed by atoms with van der Waals surface area (Å²) >= 11 is 6.22. The molecule has 1 heterocycles. The number of rotatable bonds is 2. The van der Waals surface area contributed by atoms with Gasteiger partial charge in [0.25, 0.3) is 0 Å². The van der Waals surface area contributed by atoms with E-state index in [1.807, 2.05) is 0 Å². The first-order valence-corrected chi connectivity index (χ1v) is 7.36. The average molecular weight is 339 g/mol. The van der Waals surface area contributed by atoms with Crippen molar-refractivity contribution in [3.05, 3.63) is 28.5 Å². The van der Waals surface area contributed by atoms with Gasteiger partial charge in [-0.2, -0.15) is 0 Å². The minimum absolute atomic E-state index is 0.0278. The number of carbonyl (C=O) groups is 2. The van der Waals surface area contributed by atoms with Crippen LogP contribution in [0.4, 0.5) is 0 Å². The van der Waals surface area contributed by atoms with Gasteiger partial charge in [0.15, 0.2) is 17.3 Å². The van der Waals surface area contributed by atoms with Gasteiger partial charge in [0.1, 0.15) is 22.1 Å². The standard InChI is InChI=1S/C16H15ClO6/c1-7-4-8(18)5-11(22-3)16(7)15(20)12-9(19)6-10(21-2)13(17)14(12)23-16/h5-7,19H,4H2,1-3H3/t7-,16+/m0/s1. The zero-order valence-corrected chi connectivity index (χ0v) is 13.6. The number of ether oxygens (including phenoxy) is 3. The van der Waals surface area contributed by atoms with E-state index in [1.54, 1.807) is 6.92 Å². The number of methoxy groups -OCH3 is 2. The van der Waals surface area contributed by atoms with Crippen molar-refractivity contribution >= 4 is 23.2 Å². The van der Waals surface area contributed by atoms with Crippen LogP contribution < -0.4 is 9.47 Å². The third-order valence-corrected chi connectivity index (χ3v) is 4.65. The molecule has 1 aliphatic carbocycles. The summed E-state index contributed by atoms with van der Waals surface area (Å²) in [4.78, 5) is 24.8. The van der Waals surface area contributed by atoms with Crippen LogP contribution in [0.25, 0.3) is 0 Å². The van der Waals surface area contributed by atoms with Gasteiger partial charge in [0.05, 0.1) is 14.2 Å². The molecule has 1 aromatic rings. The molecule has 6 nitrogen and oxygen atoms in total. The number of phenolic OH excluding ortho intramolecular Hbond substituents is 1. The normalized spacial score (nSPS) is 25.9. The van der Waals surface area contributed by atoms with Gasteiger partial charge in [-0.25, -0.2) is 0 Å². The highest BCUT2D eigenvalue weighted by molar-refractivity contribution is 6.35. The SMILES string of the molecule is COC1=CC(=O)C[C@H](C)[C@@]12Oc1c(Cl)c(OC)cc(O)c1C2=O. The van der Waals surface area contributed by atoms with Crippen LogP contribution in [-0.4, -0.2) is 36.5 Å². The highest BCUT2D eigenvalue weighted by Gasteiger charge is 2.59. The molecule has 1 aromatic carbocycles. The number of fused-ring (bicyclic) bond motifs is 1. The van der Waals surface area contributed by atoms with Crippen LogP contribution in [0.2, 0.25) is 5.02 Å². The lowest BCUT2D eigenvalue weighted by Gasteiger charge is -2.36. The van der Waals surface area contributed by atoms with Gasteiger partial charge in [-0.3, -0.25) is 9.59 Å². The minimum Gasteiger partial charge on any atom is -0.507 e. The molecule has 0 unspecified atom stereocenters. The topological polar surface area (TPSA) is 82.1 Å². The molecule has 1 spiro atoms. The van der Waals surface area contributed by atoms with E-state index in [0.29, 0.717) is 0 Å². The predicted molar refractivity (Wildman–Crippen MR) is 81.2 cm³/mol. The second kappa shape index (κ2) is 5.16. The quantitative estimate of drug-likeness (QED) is 0.892. The van der Waals surface area contributed by atoms with Crippen molar-refractivity contribution in [3.8, 4) is 17.2 Å². The smallest absolute Gasteiger partial charge is 0.231 e. The molecule has 2 atom stereocenters. The summed E-state index contributed by atoms with van der Waals surface area (Å²) in [6.07, 6.45) is 1.38. The van der Waals surface area contributed by atoms with E-state index in [-0.39, 0.29) is 45.8 Å². The fourth-order valence-electron chi connectivity index (χ4n) is 3.15. The van der Waals surface area contributed by atoms with E-state index in [1.165, 1.54) is 26.4 Å². The molecule has 0 bridgehead atoms. The Bertz CT molecular complexity index is 753. The molecule has 2 aliphatic rings. The molecule has 0 radical (unpaired) electrons. The molecule has 1 N–H and O–H groups in total. The third-order valence-electron chi connectivity index (χ3n) is 4.29. The van der Waals surface area contributed by atoms with Gasteiger partial charge in [0, 0.05) is 24.5 Å². The lowest BCUT2D eigenvalue weighted by atomic mass is 9.75. The average Bonchev–Trinajstić information content (AvgIpc) is 2.82. The molecular formula is C16H15ClO6. The Morgan fingerprint density at radius 3 is 2.65 bits per heavy atom. The van der Waals surface area contributed by atoms with Gasteiger partial charge < -0.3 is 19.3 Å². The molecule has 23 heavy (non-hydrogen) atoms. The lowest BCUT2D eigenvalue weighted by molar-refractivity contribution is -0.118. The van der Waals surface area contributed by atoms with E-state index < -0.39 is 17.3 Å². The fourth-order valence-corrected chi connectivity index (χ4v) is 3.42. The first-order valence-electron chi connectivity index (χ1n) is 6.99. The molecule has 0 saturated heterocycles. The van der Waals surface area contributed by atoms with Gasteiger partial charge in [-0.1, -0.05) is 18.5 Å². The van der Waals surface area contributed by atoms with Crippen LogP contribution in [0, 0.1) is 5.92 Å². The molecule has 122 valence electrons. The number of benzene rings is 1. The van der Waals surface area contributed by atoms with Crippen LogP contribution in [0.5, 0.6) is 17.2 Å². The van der Waals surface area contributed by atoms with Gasteiger partial charge in [-0.05, 0) is 0 Å². The maximum Gasteiger partial charge on any atom is 0.231 e. The zero-order valence-electron chi connectivity index (χ0n) is 12.8. The number of Topliss-reactive ketones (excluding diaryl/α,β-unsaturated/α-hetero) is 1. The monoisotopic (exact) mass is 338 g/mol. The number of carbonyl (C=O) groups excluding carboxylic acids is 2. The predicted octanol–water partition coefficient (Wildman–Crippen LogP) is 2.51. The van der Waals surface area contributed by atoms with Crippen molar-refractivity contribution < 1.29 is 28.9 Å². The second-order valence-electron chi connectivity index (χ2n) is 5.57. The molecule has 0 amide bonds. The van der Waals surface area contributed by atoms with Crippen LogP contribution in [-0.2, 0) is 9.53 Å². The largest absolute Gasteiger partial charge is 0.507 e. The fraction of sp³-hybridized carbons (Fsp3) is 0.375. The molecule has 0 aromatic heterocycles. The van der Waals surface area contributed by atoms with Crippen LogP contribution in [0.15, 0.2) is 17.9 Å². The Labute approximate surface area is 137 Å². The highest BCUT2D eigenvalue weighted by atomic mass is 35.5. The van der Waals surface area contributed by atoms with Crippen molar-refractivity contribution in [1.82, 2.24) is 0 Å². The summed E-state index contributed by atoms with van der Waals surface area (Å²) in [5.41, 5.74) is -1.53. The molecule has 3 rings (SSSR count). The van der Waals surface area contributed by atoms with Crippen molar-refractivity contribution in [3.63, 3.8) is 0 Å². The Hall–Kier alpha value is -2.21. The first kappa shape index (κ1) is 15.7. The van der Waals surface area contributed by atoms with Crippen molar-refractivity contribution in [2.24, 2.45) is 5.92 Å². The summed E-state index contributed by atoms with van der Waals surface area (Å²) < 4.78 is 16.2. The zero-order chi connectivity index (χ0) is 16.9. The van der Waals surface area contributed by atoms with Gasteiger partial charge >= 0.3 is 0 Å². The number of phenols is 1. The summed E-state index contributed by atoms with van der Waals surface area (Å²) in [6.45, 7) is 1.72. The number of hydrogen-bond acceptors (Lipinski definition) is 6. The summed E-state index contributed by atoms with van der Waals surface area (Å²) in [7, 11) is 2.75. The van der Waals surface area contributed by atoms with E-state index in [4.69, 9.17) is 25.8 Å². The molecule has 1 aliphatic heterocycles. The number of aromatic hydroxyl groups is 1. The van der Waals surface area contributed by atoms with Gasteiger partial charge in [-0.15, -0.1) is 0 Å². The summed E-state index contributed by atoms with van der Waals surface area (Å²) in [6, 6.07) is 1.26. The summed E-state index contributed by atoms with van der Waals surface area (Å²) in [5.74, 6) is -1.06. The van der Waals surface area contributed by atoms with Crippen LogP contribution in [0.3, 0.4) is 0 Å². The van der Waals surface area contributed by atoms with E-state index in [2.05, 4.69) is 0 Å². The Kier molecular flexibility index (Phi) is 3.52. The number of hydrogen-bond donors (Lipinski definition) is 1. The minimum atomic E-state index is -1.50. The van der Waals surface area contributed by atoms with Crippen LogP contribution in [0.1, 0.15) is 23.7 Å². The lowest BCUT2D eigenvalue weighted by Crippen LogP contribution is -2.51. The Morgan fingerprint density at radius 1 is 1.35 bits per heavy atom. The van der Waals surface area contributed by atoms with E-state index in [0.717, 1.165) is 0 Å². The molecular weight excluding hydrogens is 324 g/mol. The van der Waals surface area contributed by atoms with Crippen molar-refractivity contribution in [2.45, 2.75) is 18.9 Å².